The summed E-state index contributed by atoms with van der Waals surface area (Å²) in [6, 6.07) is 15.9. The fourth-order valence-electron chi connectivity index (χ4n) is 2.97. The number of carbonyl (C=O) groups excluding carboxylic acids is 1. The minimum absolute atomic E-state index is 0.119. The predicted octanol–water partition coefficient (Wildman–Crippen LogP) is 3.08. The van der Waals surface area contributed by atoms with E-state index in [0.717, 1.165) is 22.0 Å². The van der Waals surface area contributed by atoms with Gasteiger partial charge in [0.1, 0.15) is 0 Å². The van der Waals surface area contributed by atoms with Gasteiger partial charge in [0.2, 0.25) is 5.82 Å². The molecule has 0 aliphatic rings. The molecule has 0 radical (unpaired) electrons. The van der Waals surface area contributed by atoms with Gasteiger partial charge in [0.05, 0.1) is 6.04 Å². The highest BCUT2D eigenvalue weighted by molar-refractivity contribution is 5.92. The van der Waals surface area contributed by atoms with Crippen LogP contribution in [-0.4, -0.2) is 25.5 Å². The number of nitrogens with one attached hydrogen (secondary N) is 1. The maximum Gasteiger partial charge on any atom is 0.291 e. The minimum atomic E-state index is -0.315. The second kappa shape index (κ2) is 5.98. The minimum Gasteiger partial charge on any atom is -0.343 e. The van der Waals surface area contributed by atoms with Crippen molar-refractivity contribution in [3.05, 3.63) is 71.8 Å². The van der Waals surface area contributed by atoms with Crippen LogP contribution < -0.4 is 5.32 Å². The van der Waals surface area contributed by atoms with Crippen molar-refractivity contribution in [2.24, 2.45) is 0 Å². The van der Waals surface area contributed by atoms with Gasteiger partial charge in [0.15, 0.2) is 0 Å². The zero-order valence-corrected chi connectivity index (χ0v) is 14.0. The molecular weight excluding hydrogens is 314 g/mol. The van der Waals surface area contributed by atoms with E-state index in [1.807, 2.05) is 44.2 Å². The number of rotatable bonds is 3. The Bertz CT molecular complexity index is 1080. The van der Waals surface area contributed by atoms with Crippen LogP contribution >= 0.6 is 0 Å². The van der Waals surface area contributed by atoms with Gasteiger partial charge in [-0.15, -0.1) is 5.10 Å². The van der Waals surface area contributed by atoms with Crippen molar-refractivity contribution in [3.8, 4) is 0 Å². The largest absolute Gasteiger partial charge is 0.343 e. The van der Waals surface area contributed by atoms with E-state index in [-0.39, 0.29) is 17.8 Å². The second-order valence-corrected chi connectivity index (χ2v) is 6.00. The van der Waals surface area contributed by atoms with E-state index in [4.69, 9.17) is 0 Å². The van der Waals surface area contributed by atoms with Gasteiger partial charge in [-0.2, -0.15) is 4.98 Å². The molecule has 4 rings (SSSR count). The monoisotopic (exact) mass is 331 g/mol. The summed E-state index contributed by atoms with van der Waals surface area (Å²) >= 11 is 0. The molecule has 1 amide bonds. The highest BCUT2D eigenvalue weighted by atomic mass is 16.2. The molecule has 2 aromatic carbocycles. The zero-order chi connectivity index (χ0) is 17.4. The summed E-state index contributed by atoms with van der Waals surface area (Å²) in [6.45, 7) is 3.85. The van der Waals surface area contributed by atoms with Crippen molar-refractivity contribution in [2.45, 2.75) is 19.9 Å². The number of aryl methyl sites for hydroxylation is 1. The van der Waals surface area contributed by atoms with Crippen molar-refractivity contribution in [1.82, 2.24) is 24.9 Å². The highest BCUT2D eigenvalue weighted by Crippen LogP contribution is 2.24. The van der Waals surface area contributed by atoms with Crippen LogP contribution in [0.5, 0.6) is 0 Å². The smallest absolute Gasteiger partial charge is 0.291 e. The average molecular weight is 331 g/mol. The Hall–Kier alpha value is -3.28. The fraction of sp³-hybridized carbons (Fsp3) is 0.158. The molecule has 2 heterocycles. The molecule has 6 nitrogen and oxygen atoms in total. The molecule has 4 aromatic rings. The molecule has 1 unspecified atom stereocenters. The van der Waals surface area contributed by atoms with Crippen LogP contribution in [0.15, 0.2) is 54.7 Å². The van der Waals surface area contributed by atoms with Gasteiger partial charge in [0, 0.05) is 11.9 Å². The third-order valence-corrected chi connectivity index (χ3v) is 4.27. The van der Waals surface area contributed by atoms with E-state index in [9.17, 15) is 4.79 Å². The molecule has 0 fully saturated rings. The van der Waals surface area contributed by atoms with E-state index < -0.39 is 0 Å². The topological polar surface area (TPSA) is 72.2 Å². The van der Waals surface area contributed by atoms with E-state index in [1.165, 1.54) is 0 Å². The first kappa shape index (κ1) is 15.3. The lowest BCUT2D eigenvalue weighted by Gasteiger charge is -2.15. The fourth-order valence-corrected chi connectivity index (χ4v) is 2.97. The van der Waals surface area contributed by atoms with Gasteiger partial charge in [-0.1, -0.05) is 42.5 Å². The van der Waals surface area contributed by atoms with Crippen molar-refractivity contribution in [2.75, 3.05) is 0 Å². The summed E-state index contributed by atoms with van der Waals surface area (Å²) in [5.74, 6) is 0.224. The number of nitrogens with zero attached hydrogens (tertiary/aromatic N) is 4. The molecule has 0 aliphatic heterocycles. The number of hydrogen-bond acceptors (Lipinski definition) is 4. The molecule has 0 saturated carbocycles. The lowest BCUT2D eigenvalue weighted by molar-refractivity contribution is 0.0930. The van der Waals surface area contributed by atoms with Gasteiger partial charge in [0.25, 0.3) is 11.7 Å². The number of carbonyl (C=O) groups is 1. The molecule has 1 N–H and O–H groups in total. The summed E-state index contributed by atoms with van der Waals surface area (Å²) in [4.78, 5) is 20.9. The van der Waals surface area contributed by atoms with Crippen LogP contribution in [0.25, 0.3) is 16.6 Å². The van der Waals surface area contributed by atoms with E-state index in [1.54, 1.807) is 10.7 Å². The average Bonchev–Trinajstić information content (AvgIpc) is 3.07. The Kier molecular flexibility index (Phi) is 3.65. The molecule has 0 saturated heterocycles. The molecular formula is C19H17N5O. The standard InChI is InChI=1S/C19H17N5O/c1-12-10-11-20-19-22-17(23-24(12)19)18(25)21-13(2)15-9-5-7-14-6-3-4-8-16(14)15/h3-11,13H,1-2H3,(H,21,25). The predicted molar refractivity (Wildman–Crippen MR) is 95.3 cm³/mol. The van der Waals surface area contributed by atoms with Crippen molar-refractivity contribution in [1.29, 1.82) is 0 Å². The highest BCUT2D eigenvalue weighted by Gasteiger charge is 2.18. The van der Waals surface area contributed by atoms with Gasteiger partial charge in [-0.25, -0.2) is 9.50 Å². The molecule has 2 aromatic heterocycles. The van der Waals surface area contributed by atoms with Crippen LogP contribution in [0.1, 0.15) is 34.8 Å². The number of benzene rings is 2. The van der Waals surface area contributed by atoms with Gasteiger partial charge in [-0.3, -0.25) is 4.79 Å². The first-order chi connectivity index (χ1) is 12.1. The van der Waals surface area contributed by atoms with Crippen LogP contribution in [0.2, 0.25) is 0 Å². The van der Waals surface area contributed by atoms with E-state index in [2.05, 4.69) is 38.6 Å². The lowest BCUT2D eigenvalue weighted by Crippen LogP contribution is -2.27. The Morgan fingerprint density at radius 1 is 1.12 bits per heavy atom. The molecule has 124 valence electrons. The van der Waals surface area contributed by atoms with Crippen LogP contribution in [-0.2, 0) is 0 Å². The van der Waals surface area contributed by atoms with Gasteiger partial charge < -0.3 is 5.32 Å². The first-order valence-electron chi connectivity index (χ1n) is 8.10. The summed E-state index contributed by atoms with van der Waals surface area (Å²) < 4.78 is 1.57. The maximum absolute atomic E-state index is 12.6. The number of fused-ring (bicyclic) bond motifs is 2. The van der Waals surface area contributed by atoms with Gasteiger partial charge >= 0.3 is 0 Å². The molecule has 6 heteroatoms. The van der Waals surface area contributed by atoms with Crippen molar-refractivity contribution < 1.29 is 4.79 Å². The van der Waals surface area contributed by atoms with Crippen LogP contribution in [0.3, 0.4) is 0 Å². The summed E-state index contributed by atoms with van der Waals surface area (Å²) in [5, 5.41) is 9.50. The summed E-state index contributed by atoms with van der Waals surface area (Å²) in [7, 11) is 0. The van der Waals surface area contributed by atoms with E-state index in [0.29, 0.717) is 5.78 Å². The Morgan fingerprint density at radius 2 is 1.92 bits per heavy atom. The SMILES string of the molecule is Cc1ccnc2nc(C(=O)NC(C)c3cccc4ccccc34)nn12. The van der Waals surface area contributed by atoms with Crippen molar-refractivity contribution >= 4 is 22.5 Å². The molecule has 0 bridgehead atoms. The number of amides is 1. The quantitative estimate of drug-likeness (QED) is 0.626. The lowest BCUT2D eigenvalue weighted by atomic mass is 10.00. The first-order valence-corrected chi connectivity index (χ1v) is 8.10. The summed E-state index contributed by atoms with van der Waals surface area (Å²) in [5.41, 5.74) is 1.93. The number of aromatic nitrogens is 4. The zero-order valence-electron chi connectivity index (χ0n) is 14.0. The Balaban J connectivity index is 1.64. The van der Waals surface area contributed by atoms with Crippen molar-refractivity contribution in [3.63, 3.8) is 0 Å². The third-order valence-electron chi connectivity index (χ3n) is 4.27. The van der Waals surface area contributed by atoms with Crippen LogP contribution in [0, 0.1) is 6.92 Å². The van der Waals surface area contributed by atoms with Gasteiger partial charge in [-0.05, 0) is 36.2 Å². The number of hydrogen-bond donors (Lipinski definition) is 1. The van der Waals surface area contributed by atoms with E-state index >= 15 is 0 Å². The summed E-state index contributed by atoms with van der Waals surface area (Å²) in [6.07, 6.45) is 1.65. The normalized spacial score (nSPS) is 12.4. The maximum atomic E-state index is 12.6. The van der Waals surface area contributed by atoms with Crippen LogP contribution in [0.4, 0.5) is 0 Å². The Morgan fingerprint density at radius 3 is 2.76 bits per heavy atom. The molecule has 0 aliphatic carbocycles. The third kappa shape index (κ3) is 2.71. The Labute approximate surface area is 144 Å². The second-order valence-electron chi connectivity index (χ2n) is 6.00. The molecule has 1 atom stereocenters. The molecule has 25 heavy (non-hydrogen) atoms. The molecule has 0 spiro atoms.